The monoisotopic (exact) mass is 448 g/mol. The number of H-pyrrole nitrogens is 1. The smallest absolute Gasteiger partial charge is 0.326 e. The maximum absolute atomic E-state index is 12.8. The number of aromatic nitrogens is 3. The predicted molar refractivity (Wildman–Crippen MR) is 128 cm³/mol. The van der Waals surface area contributed by atoms with Gasteiger partial charge < -0.3 is 20.5 Å². The molecule has 4 heterocycles. The zero-order valence-corrected chi connectivity index (χ0v) is 18.9. The Labute approximate surface area is 193 Å². The van der Waals surface area contributed by atoms with Gasteiger partial charge in [0, 0.05) is 63.1 Å². The largest absolute Gasteiger partial charge is 0.343 e. The number of amides is 1. The van der Waals surface area contributed by atoms with Gasteiger partial charge in [0.15, 0.2) is 0 Å². The van der Waals surface area contributed by atoms with Crippen LogP contribution in [0, 0.1) is 0 Å². The van der Waals surface area contributed by atoms with Gasteiger partial charge in [-0.25, -0.2) is 4.79 Å². The molecule has 3 aromatic rings. The maximum atomic E-state index is 12.8. The molecule has 8 nitrogen and oxygen atoms in total. The number of imidazole rings is 1. The highest BCUT2D eigenvalue weighted by Crippen LogP contribution is 2.28. The number of hydrogen-bond donors (Lipinski definition) is 2. The Morgan fingerprint density at radius 2 is 1.76 bits per heavy atom. The van der Waals surface area contributed by atoms with E-state index < -0.39 is 0 Å². The summed E-state index contributed by atoms with van der Waals surface area (Å²) in [5, 5.41) is 0. The summed E-state index contributed by atoms with van der Waals surface area (Å²) in [5.74, 6) is 0.127. The lowest BCUT2D eigenvalue weighted by atomic mass is 9.97. The van der Waals surface area contributed by atoms with Crippen molar-refractivity contribution < 1.29 is 4.79 Å². The van der Waals surface area contributed by atoms with Crippen LogP contribution in [0.3, 0.4) is 0 Å². The molecule has 1 atom stereocenters. The van der Waals surface area contributed by atoms with Crippen molar-refractivity contribution in [2.45, 2.75) is 50.2 Å². The van der Waals surface area contributed by atoms with Crippen LogP contribution in [-0.4, -0.2) is 62.5 Å². The van der Waals surface area contributed by atoms with Gasteiger partial charge in [-0.15, -0.1) is 0 Å². The van der Waals surface area contributed by atoms with E-state index in [4.69, 9.17) is 5.73 Å². The minimum Gasteiger partial charge on any atom is -0.343 e. The van der Waals surface area contributed by atoms with Crippen LogP contribution in [0.1, 0.15) is 49.8 Å². The molecule has 2 aliphatic rings. The highest BCUT2D eigenvalue weighted by atomic mass is 16.2. The highest BCUT2D eigenvalue weighted by molar-refractivity contribution is 5.77. The Hall–Kier alpha value is -2.97. The molecule has 1 aromatic carbocycles. The van der Waals surface area contributed by atoms with Crippen molar-refractivity contribution in [3.8, 4) is 0 Å². The van der Waals surface area contributed by atoms with E-state index in [1.807, 2.05) is 45.9 Å². The second kappa shape index (κ2) is 9.49. The molecule has 2 fully saturated rings. The van der Waals surface area contributed by atoms with Crippen molar-refractivity contribution in [2.24, 2.45) is 5.73 Å². The van der Waals surface area contributed by atoms with Gasteiger partial charge in [0.25, 0.3) is 0 Å². The second-order valence-electron chi connectivity index (χ2n) is 9.29. The number of fused-ring (bicyclic) bond motifs is 1. The van der Waals surface area contributed by atoms with Crippen LogP contribution in [0.5, 0.6) is 0 Å². The van der Waals surface area contributed by atoms with Crippen LogP contribution in [0.15, 0.2) is 53.6 Å². The van der Waals surface area contributed by atoms with Crippen LogP contribution < -0.4 is 11.4 Å². The number of rotatable bonds is 5. The first-order chi connectivity index (χ1) is 16.1. The Kier molecular flexibility index (Phi) is 6.28. The summed E-state index contributed by atoms with van der Waals surface area (Å²) in [5.41, 5.74) is 9.02. The first kappa shape index (κ1) is 21.9. The van der Waals surface area contributed by atoms with Gasteiger partial charge in [0.1, 0.15) is 0 Å². The van der Waals surface area contributed by atoms with Gasteiger partial charge >= 0.3 is 5.69 Å². The molecule has 0 saturated carbocycles. The van der Waals surface area contributed by atoms with E-state index in [-0.39, 0.29) is 23.7 Å². The summed E-state index contributed by atoms with van der Waals surface area (Å²) < 4.78 is 1.94. The van der Waals surface area contributed by atoms with E-state index in [0.29, 0.717) is 12.5 Å². The van der Waals surface area contributed by atoms with Gasteiger partial charge in [-0.1, -0.05) is 18.2 Å². The molecule has 0 spiro atoms. The van der Waals surface area contributed by atoms with E-state index >= 15 is 0 Å². The Morgan fingerprint density at radius 3 is 2.48 bits per heavy atom. The fraction of sp³-hybridized carbons (Fsp3) is 0.480. The third kappa shape index (κ3) is 4.58. The predicted octanol–water partition coefficient (Wildman–Crippen LogP) is 2.44. The summed E-state index contributed by atoms with van der Waals surface area (Å²) in [6, 6.07) is 12.1. The first-order valence-corrected chi connectivity index (χ1v) is 12.0. The Morgan fingerprint density at radius 1 is 1.03 bits per heavy atom. The number of carbonyl (C=O) groups is 1. The molecular formula is C25H32N6O2. The quantitative estimate of drug-likeness (QED) is 0.625. The van der Waals surface area contributed by atoms with Crippen LogP contribution in [-0.2, 0) is 4.79 Å². The normalized spacial score (nSPS) is 19.7. The lowest BCUT2D eigenvalue weighted by Crippen LogP contribution is -2.49. The fourth-order valence-electron chi connectivity index (χ4n) is 5.46. The van der Waals surface area contributed by atoms with Gasteiger partial charge in [-0.3, -0.25) is 14.3 Å². The molecule has 174 valence electrons. The lowest BCUT2D eigenvalue weighted by molar-refractivity contribution is -0.133. The van der Waals surface area contributed by atoms with Crippen molar-refractivity contribution >= 4 is 16.9 Å². The molecule has 3 N–H and O–H groups in total. The topological polar surface area (TPSA) is 100 Å². The van der Waals surface area contributed by atoms with E-state index in [0.717, 1.165) is 68.5 Å². The van der Waals surface area contributed by atoms with Crippen LogP contribution >= 0.6 is 0 Å². The minimum absolute atomic E-state index is 0.00837. The number of carbonyl (C=O) groups excluding carboxylic acids is 1. The third-order valence-corrected chi connectivity index (χ3v) is 7.33. The van der Waals surface area contributed by atoms with Crippen molar-refractivity contribution in [3.05, 3.63) is 64.8 Å². The number of pyridine rings is 1. The van der Waals surface area contributed by atoms with E-state index in [1.165, 1.54) is 0 Å². The number of benzene rings is 1. The number of nitrogens with one attached hydrogen (secondary N) is 1. The summed E-state index contributed by atoms with van der Waals surface area (Å²) >= 11 is 0. The van der Waals surface area contributed by atoms with Gasteiger partial charge in [-0.2, -0.15) is 0 Å². The Balaban J connectivity index is 1.12. The summed E-state index contributed by atoms with van der Waals surface area (Å²) in [4.78, 5) is 36.9. The van der Waals surface area contributed by atoms with Crippen LogP contribution in [0.25, 0.3) is 11.0 Å². The van der Waals surface area contributed by atoms with E-state index in [2.05, 4.69) is 14.9 Å². The third-order valence-electron chi connectivity index (χ3n) is 7.33. The van der Waals surface area contributed by atoms with Crippen LogP contribution in [0.2, 0.25) is 0 Å². The molecule has 2 aromatic heterocycles. The van der Waals surface area contributed by atoms with Gasteiger partial charge in [-0.05, 0) is 49.4 Å². The number of para-hydroxylation sites is 2. The number of nitrogens with zero attached hydrogens (tertiary/aromatic N) is 4. The average molecular weight is 449 g/mol. The zero-order chi connectivity index (χ0) is 22.8. The first-order valence-electron chi connectivity index (χ1n) is 12.0. The molecule has 2 saturated heterocycles. The standard InChI is InChI=1S/C25H32N6O2/c26-21(18-4-3-11-27-17-18)16-24(32)30-14-7-19(8-15-30)29-12-9-20(10-13-29)31-23-6-2-1-5-22(23)28-25(31)33/h1-6,11,17,19-21H,7-10,12-16,26H2,(H,28,33). The highest BCUT2D eigenvalue weighted by Gasteiger charge is 2.31. The van der Waals surface area contributed by atoms with Gasteiger partial charge in [0.2, 0.25) is 5.91 Å². The number of piperidine rings is 2. The fourth-order valence-corrected chi connectivity index (χ4v) is 5.46. The van der Waals surface area contributed by atoms with E-state index in [9.17, 15) is 9.59 Å². The van der Waals surface area contributed by atoms with Crippen molar-refractivity contribution in [2.75, 3.05) is 26.2 Å². The van der Waals surface area contributed by atoms with Crippen molar-refractivity contribution in [1.82, 2.24) is 24.3 Å². The Bertz CT molecular complexity index is 1140. The molecule has 0 bridgehead atoms. The summed E-state index contributed by atoms with van der Waals surface area (Å²) in [7, 11) is 0. The number of hydrogen-bond acceptors (Lipinski definition) is 5. The van der Waals surface area contributed by atoms with Crippen molar-refractivity contribution in [1.29, 1.82) is 0 Å². The molecule has 5 rings (SSSR count). The van der Waals surface area contributed by atoms with Crippen molar-refractivity contribution in [3.63, 3.8) is 0 Å². The minimum atomic E-state index is -0.309. The molecule has 33 heavy (non-hydrogen) atoms. The molecule has 0 radical (unpaired) electrons. The molecular weight excluding hydrogens is 416 g/mol. The lowest BCUT2D eigenvalue weighted by Gasteiger charge is -2.42. The molecule has 8 heteroatoms. The SMILES string of the molecule is NC(CC(=O)N1CCC(N2CCC(n3c(=O)[nH]c4ccccc43)CC2)CC1)c1cccnc1. The average Bonchev–Trinajstić information content (AvgIpc) is 3.20. The second-order valence-corrected chi connectivity index (χ2v) is 9.29. The molecule has 2 aliphatic heterocycles. The summed E-state index contributed by atoms with van der Waals surface area (Å²) in [6.45, 7) is 3.54. The van der Waals surface area contributed by atoms with Gasteiger partial charge in [0.05, 0.1) is 11.0 Å². The van der Waals surface area contributed by atoms with E-state index in [1.54, 1.807) is 12.4 Å². The molecule has 1 amide bonds. The maximum Gasteiger partial charge on any atom is 0.326 e. The summed E-state index contributed by atoms with van der Waals surface area (Å²) in [6.07, 6.45) is 7.70. The molecule has 0 aliphatic carbocycles. The number of aromatic amines is 1. The number of nitrogens with two attached hydrogens (primary N) is 1. The zero-order valence-electron chi connectivity index (χ0n) is 18.9. The number of likely N-dealkylation sites (tertiary alicyclic amines) is 2. The van der Waals surface area contributed by atoms with Crippen LogP contribution in [0.4, 0.5) is 0 Å². The molecule has 1 unspecified atom stereocenters.